The number of aromatic nitrogens is 1. The maximum Gasteiger partial charge on any atom is 0.237 e. The van der Waals surface area contributed by atoms with E-state index in [-0.39, 0.29) is 12.1 Å². The van der Waals surface area contributed by atoms with Gasteiger partial charge in [-0.25, -0.2) is 4.98 Å². The first kappa shape index (κ1) is 24.2. The van der Waals surface area contributed by atoms with Gasteiger partial charge in [0, 0.05) is 17.7 Å². The van der Waals surface area contributed by atoms with Crippen LogP contribution in [0.25, 0.3) is 11.1 Å². The minimum absolute atomic E-state index is 0.000243. The van der Waals surface area contributed by atoms with Crippen LogP contribution in [-0.4, -0.2) is 37.4 Å². The van der Waals surface area contributed by atoms with Crippen LogP contribution in [0.2, 0.25) is 0 Å². The molecular formula is C32H30N4O2. The second-order valence-corrected chi connectivity index (χ2v) is 9.87. The number of hydrogen-bond donors (Lipinski definition) is 2. The van der Waals surface area contributed by atoms with Crippen LogP contribution in [0.1, 0.15) is 34.2 Å². The Labute approximate surface area is 223 Å². The summed E-state index contributed by atoms with van der Waals surface area (Å²) in [4.78, 5) is 4.69. The van der Waals surface area contributed by atoms with E-state index >= 15 is 0 Å². The standard InChI is InChI=1S/C32H30N4O2/c33-17-23-8-6-22(7-9-23)14-15-34-31(26-4-2-1-3-5-26)30-19-35-29-16-27(18-36-32(29)38-30)24-10-12-25(13-11-24)28-20-37-21-28/h1-13,16,18,28,30-31,34-35H,14-15,19-21H2/t30-,31+/m0/s1. The van der Waals surface area contributed by atoms with Gasteiger partial charge in [-0.2, -0.15) is 5.26 Å². The minimum Gasteiger partial charge on any atom is -0.469 e. The SMILES string of the molecule is N#Cc1ccc(CCN[C@H](c2ccccc2)[C@@H]2CNc3cc(-c4ccc(C5COC5)cc4)cnc3O2)cc1. The first-order valence-corrected chi connectivity index (χ1v) is 13.1. The summed E-state index contributed by atoms with van der Waals surface area (Å²) < 4.78 is 11.8. The number of hydrogen-bond acceptors (Lipinski definition) is 6. The zero-order valence-electron chi connectivity index (χ0n) is 21.1. The van der Waals surface area contributed by atoms with Crippen LogP contribution in [0.4, 0.5) is 5.69 Å². The smallest absolute Gasteiger partial charge is 0.237 e. The molecule has 0 unspecified atom stereocenters. The Hall–Kier alpha value is -4.18. The van der Waals surface area contributed by atoms with E-state index in [9.17, 15) is 0 Å². The summed E-state index contributed by atoms with van der Waals surface area (Å²) in [6.07, 6.45) is 2.63. The summed E-state index contributed by atoms with van der Waals surface area (Å²) in [6.45, 7) is 3.09. The van der Waals surface area contributed by atoms with Gasteiger partial charge in [-0.3, -0.25) is 0 Å². The number of nitrogens with zero attached hydrogens (tertiary/aromatic N) is 2. The monoisotopic (exact) mass is 502 g/mol. The highest BCUT2D eigenvalue weighted by Gasteiger charge is 2.29. The molecule has 1 aromatic heterocycles. The van der Waals surface area contributed by atoms with Crippen molar-refractivity contribution in [3.05, 3.63) is 113 Å². The Morgan fingerprint density at radius 3 is 2.47 bits per heavy atom. The molecule has 6 heteroatoms. The summed E-state index contributed by atoms with van der Waals surface area (Å²) in [7, 11) is 0. The van der Waals surface area contributed by atoms with Gasteiger partial charge in [0.25, 0.3) is 0 Å². The number of benzene rings is 3. The Kier molecular flexibility index (Phi) is 7.03. The molecule has 1 fully saturated rings. The summed E-state index contributed by atoms with van der Waals surface area (Å²) in [5, 5.41) is 16.3. The van der Waals surface area contributed by atoms with Crippen molar-refractivity contribution in [3.63, 3.8) is 0 Å². The Morgan fingerprint density at radius 1 is 0.974 bits per heavy atom. The molecule has 0 radical (unpaired) electrons. The topological polar surface area (TPSA) is 79.2 Å². The summed E-state index contributed by atoms with van der Waals surface area (Å²) in [5.74, 6) is 1.15. The second kappa shape index (κ2) is 11.1. The van der Waals surface area contributed by atoms with Crippen LogP contribution in [0.3, 0.4) is 0 Å². The fourth-order valence-corrected chi connectivity index (χ4v) is 5.03. The molecule has 0 bridgehead atoms. The normalized spacial score (nSPS) is 17.3. The molecular weight excluding hydrogens is 472 g/mol. The molecule has 0 aliphatic carbocycles. The van der Waals surface area contributed by atoms with Gasteiger partial charge in [-0.15, -0.1) is 0 Å². The fraction of sp³-hybridized carbons (Fsp3) is 0.250. The van der Waals surface area contributed by atoms with E-state index in [1.165, 1.54) is 16.7 Å². The van der Waals surface area contributed by atoms with Gasteiger partial charge in [0.1, 0.15) is 6.10 Å². The number of ether oxygens (including phenoxy) is 2. The molecule has 3 heterocycles. The van der Waals surface area contributed by atoms with Gasteiger partial charge in [-0.05, 0) is 53.4 Å². The van der Waals surface area contributed by atoms with Crippen LogP contribution in [-0.2, 0) is 11.2 Å². The fourth-order valence-electron chi connectivity index (χ4n) is 5.03. The Bertz CT molecular complexity index is 1410. The maximum absolute atomic E-state index is 9.04. The molecule has 2 N–H and O–H groups in total. The number of nitrogens with one attached hydrogen (secondary N) is 2. The molecule has 4 aromatic rings. The van der Waals surface area contributed by atoms with Crippen molar-refractivity contribution in [2.45, 2.75) is 24.5 Å². The van der Waals surface area contributed by atoms with E-state index < -0.39 is 0 Å². The van der Waals surface area contributed by atoms with Crippen molar-refractivity contribution < 1.29 is 9.47 Å². The van der Waals surface area contributed by atoms with Crippen LogP contribution in [0, 0.1) is 11.3 Å². The quantitative estimate of drug-likeness (QED) is 0.332. The molecule has 190 valence electrons. The van der Waals surface area contributed by atoms with Gasteiger partial charge in [-0.1, -0.05) is 66.7 Å². The molecule has 38 heavy (non-hydrogen) atoms. The number of rotatable bonds is 8. The Balaban J connectivity index is 1.15. The lowest BCUT2D eigenvalue weighted by atomic mass is 9.95. The lowest BCUT2D eigenvalue weighted by Gasteiger charge is -2.33. The predicted octanol–water partition coefficient (Wildman–Crippen LogP) is 5.48. The lowest BCUT2D eigenvalue weighted by molar-refractivity contribution is 0.00843. The zero-order valence-corrected chi connectivity index (χ0v) is 21.1. The largest absolute Gasteiger partial charge is 0.469 e. The maximum atomic E-state index is 9.04. The highest BCUT2D eigenvalue weighted by molar-refractivity contribution is 5.70. The molecule has 0 spiro atoms. The molecule has 3 aromatic carbocycles. The predicted molar refractivity (Wildman–Crippen MR) is 148 cm³/mol. The first-order valence-electron chi connectivity index (χ1n) is 13.1. The summed E-state index contributed by atoms with van der Waals surface area (Å²) >= 11 is 0. The third kappa shape index (κ3) is 5.26. The van der Waals surface area contributed by atoms with E-state index in [0.717, 1.165) is 43.0 Å². The van der Waals surface area contributed by atoms with E-state index in [2.05, 4.69) is 71.3 Å². The van der Waals surface area contributed by atoms with Crippen LogP contribution in [0.15, 0.2) is 91.1 Å². The van der Waals surface area contributed by atoms with Crippen molar-refractivity contribution in [2.75, 3.05) is 31.6 Å². The van der Waals surface area contributed by atoms with Crippen molar-refractivity contribution in [2.24, 2.45) is 0 Å². The van der Waals surface area contributed by atoms with Crippen LogP contribution in [0.5, 0.6) is 5.88 Å². The van der Waals surface area contributed by atoms with Gasteiger partial charge in [0.2, 0.25) is 5.88 Å². The van der Waals surface area contributed by atoms with E-state index in [1.54, 1.807) is 0 Å². The average molecular weight is 503 g/mol. The molecule has 1 saturated heterocycles. The Morgan fingerprint density at radius 2 is 1.76 bits per heavy atom. The van der Waals surface area contributed by atoms with Crippen molar-refractivity contribution >= 4 is 5.69 Å². The van der Waals surface area contributed by atoms with Crippen LogP contribution >= 0.6 is 0 Å². The minimum atomic E-state index is -0.117. The molecule has 6 nitrogen and oxygen atoms in total. The molecule has 2 aliphatic rings. The average Bonchev–Trinajstić information content (AvgIpc) is 2.95. The van der Waals surface area contributed by atoms with Crippen molar-refractivity contribution in [3.8, 4) is 23.1 Å². The van der Waals surface area contributed by atoms with Crippen molar-refractivity contribution in [1.29, 1.82) is 5.26 Å². The van der Waals surface area contributed by atoms with Crippen LogP contribution < -0.4 is 15.4 Å². The second-order valence-electron chi connectivity index (χ2n) is 9.87. The molecule has 0 saturated carbocycles. The summed E-state index contributed by atoms with van der Waals surface area (Å²) in [6, 6.07) is 31.2. The third-order valence-electron chi connectivity index (χ3n) is 7.35. The van der Waals surface area contributed by atoms with E-state index in [1.807, 2.05) is 36.5 Å². The number of fused-ring (bicyclic) bond motifs is 1. The van der Waals surface area contributed by atoms with E-state index in [0.29, 0.717) is 23.9 Å². The molecule has 2 aliphatic heterocycles. The highest BCUT2D eigenvalue weighted by atomic mass is 16.5. The lowest BCUT2D eigenvalue weighted by Crippen LogP contribution is -2.43. The van der Waals surface area contributed by atoms with Gasteiger partial charge >= 0.3 is 0 Å². The molecule has 0 amide bonds. The van der Waals surface area contributed by atoms with E-state index in [4.69, 9.17) is 19.7 Å². The van der Waals surface area contributed by atoms with Gasteiger partial charge < -0.3 is 20.1 Å². The highest BCUT2D eigenvalue weighted by Crippen LogP contribution is 2.35. The number of nitriles is 1. The third-order valence-corrected chi connectivity index (χ3v) is 7.35. The molecule has 6 rings (SSSR count). The summed E-state index contributed by atoms with van der Waals surface area (Å²) in [5.41, 5.74) is 7.50. The van der Waals surface area contributed by atoms with Gasteiger partial charge in [0.05, 0.1) is 43.1 Å². The van der Waals surface area contributed by atoms with Crippen molar-refractivity contribution in [1.82, 2.24) is 10.3 Å². The van der Waals surface area contributed by atoms with Gasteiger partial charge in [0.15, 0.2) is 0 Å². The number of anilines is 1. The molecule has 2 atom stereocenters. The zero-order chi connectivity index (χ0) is 25.7. The first-order chi connectivity index (χ1) is 18.8. The number of pyridine rings is 1.